The van der Waals surface area contributed by atoms with Crippen molar-refractivity contribution in [2.24, 2.45) is 0 Å². The van der Waals surface area contributed by atoms with Crippen LogP contribution in [0.3, 0.4) is 0 Å². The third-order valence-electron chi connectivity index (χ3n) is 5.21. The van der Waals surface area contributed by atoms with E-state index in [0.29, 0.717) is 17.4 Å². The highest BCUT2D eigenvalue weighted by Crippen LogP contribution is 2.24. The maximum Gasteiger partial charge on any atom is 0.326 e. The highest BCUT2D eigenvalue weighted by molar-refractivity contribution is 6.29. The summed E-state index contributed by atoms with van der Waals surface area (Å²) in [6.45, 7) is 3.09. The first-order chi connectivity index (χ1) is 13.6. The molecule has 7 nitrogen and oxygen atoms in total. The number of nitrogens with zero attached hydrogens (tertiary/aromatic N) is 3. The molecule has 0 atom stereocenters. The van der Waals surface area contributed by atoms with Crippen LogP contribution < -0.4 is 11.0 Å². The Balaban J connectivity index is 1.29. The maximum absolute atomic E-state index is 12.4. The molecule has 3 aromatic rings. The van der Waals surface area contributed by atoms with Gasteiger partial charge in [0.15, 0.2) is 0 Å². The van der Waals surface area contributed by atoms with Crippen LogP contribution in [0.4, 0.5) is 0 Å². The van der Waals surface area contributed by atoms with Crippen molar-refractivity contribution in [3.63, 3.8) is 0 Å². The molecule has 146 valence electrons. The number of pyridine rings is 1. The summed E-state index contributed by atoms with van der Waals surface area (Å²) in [7, 11) is 0. The zero-order valence-electron chi connectivity index (χ0n) is 15.4. The largest absolute Gasteiger partial charge is 0.349 e. The molecule has 2 N–H and O–H groups in total. The summed E-state index contributed by atoms with van der Waals surface area (Å²) < 4.78 is 1.89. The highest BCUT2D eigenvalue weighted by Gasteiger charge is 2.23. The molecule has 0 radical (unpaired) electrons. The average molecular weight is 400 g/mol. The molecular formula is C20H22ClN5O2. The Morgan fingerprint density at radius 3 is 2.75 bits per heavy atom. The van der Waals surface area contributed by atoms with Gasteiger partial charge in [-0.3, -0.25) is 9.36 Å². The second kappa shape index (κ2) is 8.16. The van der Waals surface area contributed by atoms with Gasteiger partial charge in [-0.1, -0.05) is 29.8 Å². The average Bonchev–Trinajstić information content (AvgIpc) is 3.04. The molecule has 3 heterocycles. The van der Waals surface area contributed by atoms with Crippen LogP contribution in [0.15, 0.2) is 47.3 Å². The Morgan fingerprint density at radius 1 is 1.18 bits per heavy atom. The lowest BCUT2D eigenvalue weighted by atomic mass is 10.0. The first-order valence-electron chi connectivity index (χ1n) is 9.44. The number of imidazole rings is 1. The maximum atomic E-state index is 12.4. The molecule has 1 saturated heterocycles. The minimum atomic E-state index is -0.220. The summed E-state index contributed by atoms with van der Waals surface area (Å²) in [6, 6.07) is 13.0. The fourth-order valence-corrected chi connectivity index (χ4v) is 3.95. The number of aromatic amines is 1. The molecule has 28 heavy (non-hydrogen) atoms. The van der Waals surface area contributed by atoms with Crippen LogP contribution in [-0.2, 0) is 0 Å². The summed E-state index contributed by atoms with van der Waals surface area (Å²) in [6.07, 6.45) is 1.82. The van der Waals surface area contributed by atoms with Crippen molar-refractivity contribution in [3.8, 4) is 0 Å². The number of hydrogen-bond donors (Lipinski definition) is 2. The SMILES string of the molecule is O=C(NCCN1CCC(n2c(=O)[nH]c3ccccc32)CC1)c1cccc(Cl)n1. The molecule has 0 bridgehead atoms. The van der Waals surface area contributed by atoms with Gasteiger partial charge in [-0.2, -0.15) is 0 Å². The van der Waals surface area contributed by atoms with Gasteiger partial charge < -0.3 is 15.2 Å². The third-order valence-corrected chi connectivity index (χ3v) is 5.42. The lowest BCUT2D eigenvalue weighted by Gasteiger charge is -2.32. The number of halogens is 1. The van der Waals surface area contributed by atoms with Crippen LogP contribution in [-0.4, -0.2) is 51.5 Å². The smallest absolute Gasteiger partial charge is 0.326 e. The fraction of sp³-hybridized carbons (Fsp3) is 0.350. The number of fused-ring (bicyclic) bond motifs is 1. The molecule has 1 aliphatic heterocycles. The van der Waals surface area contributed by atoms with Crippen molar-refractivity contribution < 1.29 is 4.79 Å². The molecule has 0 aliphatic carbocycles. The van der Waals surface area contributed by atoms with E-state index in [-0.39, 0.29) is 17.6 Å². The van der Waals surface area contributed by atoms with E-state index in [4.69, 9.17) is 11.6 Å². The normalized spacial score (nSPS) is 15.8. The second-order valence-corrected chi connectivity index (χ2v) is 7.38. The van der Waals surface area contributed by atoms with Crippen molar-refractivity contribution in [2.75, 3.05) is 26.2 Å². The van der Waals surface area contributed by atoms with Crippen LogP contribution in [0.5, 0.6) is 0 Å². The third kappa shape index (κ3) is 3.95. The quantitative estimate of drug-likeness (QED) is 0.645. The Hall–Kier alpha value is -2.64. The molecule has 1 fully saturated rings. The number of hydrogen-bond acceptors (Lipinski definition) is 4. The molecule has 0 saturated carbocycles. The summed E-state index contributed by atoms with van der Waals surface area (Å²) in [5, 5.41) is 3.19. The predicted molar refractivity (Wildman–Crippen MR) is 109 cm³/mol. The van der Waals surface area contributed by atoms with Crippen LogP contribution in [0, 0.1) is 0 Å². The van der Waals surface area contributed by atoms with E-state index < -0.39 is 0 Å². The molecule has 0 spiro atoms. The number of para-hydroxylation sites is 2. The summed E-state index contributed by atoms with van der Waals surface area (Å²) >= 11 is 5.82. The second-order valence-electron chi connectivity index (χ2n) is 6.99. The van der Waals surface area contributed by atoms with Crippen LogP contribution in [0.1, 0.15) is 29.4 Å². The summed E-state index contributed by atoms with van der Waals surface area (Å²) in [5.41, 5.74) is 2.13. The lowest BCUT2D eigenvalue weighted by Crippen LogP contribution is -2.41. The van der Waals surface area contributed by atoms with Gasteiger partial charge in [0.2, 0.25) is 0 Å². The van der Waals surface area contributed by atoms with Gasteiger partial charge in [-0.15, -0.1) is 0 Å². The zero-order valence-corrected chi connectivity index (χ0v) is 16.2. The van der Waals surface area contributed by atoms with Crippen molar-refractivity contribution in [3.05, 3.63) is 63.8 Å². The Kier molecular flexibility index (Phi) is 5.45. The topological polar surface area (TPSA) is 83.0 Å². The van der Waals surface area contributed by atoms with E-state index in [9.17, 15) is 9.59 Å². The number of piperidine rings is 1. The van der Waals surface area contributed by atoms with Crippen LogP contribution >= 0.6 is 11.6 Å². The number of H-pyrrole nitrogens is 1. The molecule has 8 heteroatoms. The van der Waals surface area contributed by atoms with Crippen molar-refractivity contribution in [2.45, 2.75) is 18.9 Å². The number of likely N-dealkylation sites (tertiary alicyclic amines) is 1. The first kappa shape index (κ1) is 18.7. The number of aromatic nitrogens is 3. The van der Waals surface area contributed by atoms with Gasteiger partial charge in [0.05, 0.1) is 11.0 Å². The monoisotopic (exact) mass is 399 g/mol. The zero-order chi connectivity index (χ0) is 19.5. The lowest BCUT2D eigenvalue weighted by molar-refractivity contribution is 0.0939. The first-order valence-corrected chi connectivity index (χ1v) is 9.82. The van der Waals surface area contributed by atoms with E-state index in [2.05, 4.69) is 20.2 Å². The summed E-state index contributed by atoms with van der Waals surface area (Å²) in [5.74, 6) is -0.220. The molecular weight excluding hydrogens is 378 g/mol. The van der Waals surface area contributed by atoms with Crippen molar-refractivity contribution >= 4 is 28.5 Å². The number of amides is 1. The van der Waals surface area contributed by atoms with E-state index in [1.54, 1.807) is 18.2 Å². The number of carbonyl (C=O) groups excluding carboxylic acids is 1. The van der Waals surface area contributed by atoms with E-state index in [0.717, 1.165) is 43.5 Å². The van der Waals surface area contributed by atoms with Gasteiger partial charge in [0.25, 0.3) is 5.91 Å². The van der Waals surface area contributed by atoms with Gasteiger partial charge in [0.1, 0.15) is 10.8 Å². The van der Waals surface area contributed by atoms with Crippen molar-refractivity contribution in [1.82, 2.24) is 24.8 Å². The van der Waals surface area contributed by atoms with E-state index >= 15 is 0 Å². The molecule has 0 unspecified atom stereocenters. The van der Waals surface area contributed by atoms with E-state index in [1.807, 2.05) is 28.8 Å². The molecule has 1 aromatic carbocycles. The van der Waals surface area contributed by atoms with Gasteiger partial charge >= 0.3 is 5.69 Å². The van der Waals surface area contributed by atoms with E-state index in [1.165, 1.54) is 0 Å². The number of nitrogens with one attached hydrogen (secondary N) is 2. The molecule has 4 rings (SSSR count). The summed E-state index contributed by atoms with van der Waals surface area (Å²) in [4.78, 5) is 33.7. The molecule has 1 aliphatic rings. The Bertz CT molecular complexity index is 1040. The predicted octanol–water partition coefficient (Wildman–Crippen LogP) is 2.44. The highest BCUT2D eigenvalue weighted by atomic mass is 35.5. The molecule has 2 aromatic heterocycles. The van der Waals surface area contributed by atoms with Crippen LogP contribution in [0.2, 0.25) is 5.15 Å². The Morgan fingerprint density at radius 2 is 1.96 bits per heavy atom. The minimum Gasteiger partial charge on any atom is -0.349 e. The number of rotatable bonds is 5. The van der Waals surface area contributed by atoms with Gasteiger partial charge in [-0.05, 0) is 37.1 Å². The Labute approximate surface area is 167 Å². The van der Waals surface area contributed by atoms with Gasteiger partial charge in [0, 0.05) is 32.2 Å². The molecule has 1 amide bonds. The number of benzene rings is 1. The van der Waals surface area contributed by atoms with Crippen LogP contribution in [0.25, 0.3) is 11.0 Å². The van der Waals surface area contributed by atoms with Gasteiger partial charge in [-0.25, -0.2) is 9.78 Å². The fourth-order valence-electron chi connectivity index (χ4n) is 3.79. The standard InChI is InChI=1S/C20H22ClN5O2/c21-18-7-3-5-16(23-18)19(27)22-10-13-25-11-8-14(9-12-25)26-17-6-2-1-4-15(17)24-20(26)28/h1-7,14H,8-13H2,(H,22,27)(H,24,28). The number of carbonyl (C=O) groups is 1. The van der Waals surface area contributed by atoms with Crippen molar-refractivity contribution in [1.29, 1.82) is 0 Å². The minimum absolute atomic E-state index is 0.0408.